The molecule has 0 aliphatic carbocycles. The number of likely N-dealkylation sites (tertiary alicyclic amines) is 1. The lowest BCUT2D eigenvalue weighted by atomic mass is 9.99. The first-order valence-electron chi connectivity index (χ1n) is 9.54. The summed E-state index contributed by atoms with van der Waals surface area (Å²) in [5.74, 6) is 1.29. The Balaban J connectivity index is 0.00000338. The molecule has 1 heterocycles. The summed E-state index contributed by atoms with van der Waals surface area (Å²) in [7, 11) is 0. The van der Waals surface area contributed by atoms with Crippen molar-refractivity contribution in [1.29, 1.82) is 0 Å². The van der Waals surface area contributed by atoms with Crippen LogP contribution >= 0.6 is 24.0 Å². The lowest BCUT2D eigenvalue weighted by Crippen LogP contribution is -2.31. The van der Waals surface area contributed by atoms with Crippen molar-refractivity contribution in [2.24, 2.45) is 10.7 Å². The molecule has 0 aromatic heterocycles. The molecule has 1 atom stereocenters. The number of nitrogens with zero attached hydrogens (tertiary/aromatic N) is 2. The van der Waals surface area contributed by atoms with Crippen molar-refractivity contribution in [3.63, 3.8) is 0 Å². The molecular weight excluding hydrogens is 439 g/mol. The predicted molar refractivity (Wildman–Crippen MR) is 120 cm³/mol. The van der Waals surface area contributed by atoms with E-state index in [1.54, 1.807) is 0 Å². The van der Waals surface area contributed by atoms with Gasteiger partial charge in [-0.1, -0.05) is 32.4 Å². The Labute approximate surface area is 174 Å². The van der Waals surface area contributed by atoms with Crippen molar-refractivity contribution < 1.29 is 4.79 Å². The van der Waals surface area contributed by atoms with E-state index in [-0.39, 0.29) is 29.9 Å². The van der Waals surface area contributed by atoms with Crippen LogP contribution < -0.4 is 11.1 Å². The SMILES string of the molecule is CCC(C)c1ccc(NC(N)=NCCCN2CCCCCC2=O)cc1.I. The Bertz CT molecular complexity index is 574. The number of benzene rings is 1. The number of hydrogen-bond donors (Lipinski definition) is 2. The molecule has 1 aliphatic rings. The van der Waals surface area contributed by atoms with Crippen molar-refractivity contribution in [1.82, 2.24) is 4.90 Å². The maximum absolute atomic E-state index is 11.9. The van der Waals surface area contributed by atoms with Gasteiger partial charge in [-0.3, -0.25) is 9.79 Å². The van der Waals surface area contributed by atoms with E-state index in [1.165, 1.54) is 5.56 Å². The van der Waals surface area contributed by atoms with Gasteiger partial charge in [0.25, 0.3) is 0 Å². The van der Waals surface area contributed by atoms with E-state index in [0.29, 0.717) is 24.8 Å². The Hall–Kier alpha value is -1.31. The van der Waals surface area contributed by atoms with Crippen LogP contribution in [0.15, 0.2) is 29.3 Å². The second-order valence-electron chi connectivity index (χ2n) is 6.87. The quantitative estimate of drug-likeness (QED) is 0.269. The fourth-order valence-electron chi connectivity index (χ4n) is 3.05. The van der Waals surface area contributed by atoms with Crippen molar-refractivity contribution in [3.05, 3.63) is 29.8 Å². The van der Waals surface area contributed by atoms with Crippen molar-refractivity contribution in [3.8, 4) is 0 Å². The van der Waals surface area contributed by atoms with Crippen LogP contribution in [0.4, 0.5) is 5.69 Å². The Morgan fingerprint density at radius 3 is 2.69 bits per heavy atom. The molecule has 0 bridgehead atoms. The van der Waals surface area contributed by atoms with Crippen LogP contribution in [-0.4, -0.2) is 36.4 Å². The van der Waals surface area contributed by atoms with Gasteiger partial charge in [-0.25, -0.2) is 0 Å². The van der Waals surface area contributed by atoms with Crippen LogP contribution in [-0.2, 0) is 4.79 Å². The van der Waals surface area contributed by atoms with E-state index in [2.05, 4.69) is 36.3 Å². The van der Waals surface area contributed by atoms with E-state index in [1.807, 2.05) is 17.0 Å². The largest absolute Gasteiger partial charge is 0.370 e. The van der Waals surface area contributed by atoms with Gasteiger partial charge in [0.1, 0.15) is 0 Å². The van der Waals surface area contributed by atoms with Crippen LogP contribution in [0.1, 0.15) is 63.9 Å². The van der Waals surface area contributed by atoms with Gasteiger partial charge in [-0.15, -0.1) is 24.0 Å². The highest BCUT2D eigenvalue weighted by Crippen LogP contribution is 2.20. The van der Waals surface area contributed by atoms with Gasteiger partial charge < -0.3 is 16.0 Å². The molecule has 1 saturated heterocycles. The number of guanidine groups is 1. The highest BCUT2D eigenvalue weighted by atomic mass is 127. The number of carbonyl (C=O) groups is 1. The van der Waals surface area contributed by atoms with Gasteiger partial charge in [-0.2, -0.15) is 0 Å². The number of nitrogens with one attached hydrogen (secondary N) is 1. The number of halogens is 1. The van der Waals surface area contributed by atoms with Crippen molar-refractivity contribution >= 4 is 41.5 Å². The summed E-state index contributed by atoms with van der Waals surface area (Å²) in [6.45, 7) is 6.72. The molecule has 0 spiro atoms. The topological polar surface area (TPSA) is 70.7 Å². The minimum atomic E-state index is 0. The summed E-state index contributed by atoms with van der Waals surface area (Å²) in [6, 6.07) is 8.35. The van der Waals surface area contributed by atoms with Gasteiger partial charge in [0, 0.05) is 31.7 Å². The molecule has 1 aromatic rings. The minimum absolute atomic E-state index is 0. The lowest BCUT2D eigenvalue weighted by Gasteiger charge is -2.19. The molecule has 26 heavy (non-hydrogen) atoms. The normalized spacial score (nSPS) is 16.6. The van der Waals surface area contributed by atoms with Crippen LogP contribution in [0.25, 0.3) is 0 Å². The number of hydrogen-bond acceptors (Lipinski definition) is 2. The van der Waals surface area contributed by atoms with Gasteiger partial charge >= 0.3 is 0 Å². The zero-order chi connectivity index (χ0) is 18.1. The summed E-state index contributed by atoms with van der Waals surface area (Å²) in [5.41, 5.74) is 8.25. The molecule has 1 aromatic carbocycles. The molecule has 1 fully saturated rings. The monoisotopic (exact) mass is 472 g/mol. The first-order valence-corrected chi connectivity index (χ1v) is 9.54. The fraction of sp³-hybridized carbons (Fsp3) is 0.600. The van der Waals surface area contributed by atoms with Gasteiger partial charge in [-0.05, 0) is 49.3 Å². The molecule has 6 heteroatoms. The summed E-state index contributed by atoms with van der Waals surface area (Å²) in [5, 5.41) is 3.13. The van der Waals surface area contributed by atoms with E-state index < -0.39 is 0 Å². The average molecular weight is 472 g/mol. The zero-order valence-electron chi connectivity index (χ0n) is 16.0. The third-order valence-electron chi connectivity index (χ3n) is 4.90. The van der Waals surface area contributed by atoms with Gasteiger partial charge in [0.2, 0.25) is 5.91 Å². The molecule has 5 nitrogen and oxygen atoms in total. The maximum atomic E-state index is 11.9. The molecule has 1 unspecified atom stereocenters. The number of aliphatic imine (C=N–C) groups is 1. The highest BCUT2D eigenvalue weighted by molar-refractivity contribution is 14.0. The Morgan fingerprint density at radius 1 is 1.27 bits per heavy atom. The third kappa shape index (κ3) is 7.51. The molecule has 0 radical (unpaired) electrons. The summed E-state index contributed by atoms with van der Waals surface area (Å²) < 4.78 is 0. The number of rotatable bonds is 7. The van der Waals surface area contributed by atoms with Crippen molar-refractivity contribution in [2.45, 2.75) is 58.3 Å². The number of amides is 1. The minimum Gasteiger partial charge on any atom is -0.370 e. The second-order valence-corrected chi connectivity index (χ2v) is 6.87. The molecule has 3 N–H and O–H groups in total. The third-order valence-corrected chi connectivity index (χ3v) is 4.90. The zero-order valence-corrected chi connectivity index (χ0v) is 18.4. The van der Waals surface area contributed by atoms with Crippen molar-refractivity contribution in [2.75, 3.05) is 25.0 Å². The summed E-state index contributed by atoms with van der Waals surface area (Å²) >= 11 is 0. The summed E-state index contributed by atoms with van der Waals surface area (Å²) in [6.07, 6.45) is 5.98. The number of nitrogens with two attached hydrogens (primary N) is 1. The molecule has 1 amide bonds. The highest BCUT2D eigenvalue weighted by Gasteiger charge is 2.15. The second kappa shape index (κ2) is 12.1. The first kappa shape index (κ1) is 22.7. The molecule has 0 saturated carbocycles. The van der Waals surface area contributed by atoms with Crippen LogP contribution in [0.3, 0.4) is 0 Å². The van der Waals surface area contributed by atoms with E-state index in [9.17, 15) is 4.79 Å². The van der Waals surface area contributed by atoms with E-state index in [0.717, 1.165) is 50.9 Å². The molecule has 146 valence electrons. The Kier molecular flexibility index (Phi) is 10.6. The number of anilines is 1. The van der Waals surface area contributed by atoms with Gasteiger partial charge in [0.05, 0.1) is 0 Å². The van der Waals surface area contributed by atoms with E-state index in [4.69, 9.17) is 5.73 Å². The Morgan fingerprint density at radius 2 is 2.00 bits per heavy atom. The van der Waals surface area contributed by atoms with Crippen LogP contribution in [0, 0.1) is 0 Å². The first-order chi connectivity index (χ1) is 12.1. The number of carbonyl (C=O) groups excluding carboxylic acids is 1. The van der Waals surface area contributed by atoms with Crippen LogP contribution in [0.5, 0.6) is 0 Å². The van der Waals surface area contributed by atoms with Crippen LogP contribution in [0.2, 0.25) is 0 Å². The fourth-order valence-corrected chi connectivity index (χ4v) is 3.05. The maximum Gasteiger partial charge on any atom is 0.222 e. The smallest absolute Gasteiger partial charge is 0.222 e. The van der Waals surface area contributed by atoms with Gasteiger partial charge in [0.15, 0.2) is 5.96 Å². The molecular formula is C20H33IN4O. The van der Waals surface area contributed by atoms with E-state index >= 15 is 0 Å². The molecule has 2 rings (SSSR count). The summed E-state index contributed by atoms with van der Waals surface area (Å²) in [4.78, 5) is 18.3. The lowest BCUT2D eigenvalue weighted by molar-refractivity contribution is -0.130. The standard InChI is InChI=1S/C20H32N4O.HI/c1-3-16(2)17-9-11-18(12-10-17)23-20(21)22-13-7-15-24-14-6-4-5-8-19(24)25;/h9-12,16H,3-8,13-15H2,1-2H3,(H3,21,22,23);1H. The average Bonchev–Trinajstić information content (AvgIpc) is 2.83. The molecule has 1 aliphatic heterocycles. The predicted octanol–water partition coefficient (Wildman–Crippen LogP) is 4.34.